The van der Waals surface area contributed by atoms with Crippen molar-refractivity contribution in [2.24, 2.45) is 17.8 Å². The highest BCUT2D eigenvalue weighted by Crippen LogP contribution is 2.20. The van der Waals surface area contributed by atoms with Crippen molar-refractivity contribution in [3.8, 4) is 0 Å². The van der Waals surface area contributed by atoms with Gasteiger partial charge in [-0.25, -0.2) is 4.79 Å². The molecule has 0 fully saturated rings. The molecule has 0 spiro atoms. The molecule has 7 nitrogen and oxygen atoms in total. The number of carbonyl (C=O) groups is 3. The Labute approximate surface area is 137 Å². The summed E-state index contributed by atoms with van der Waals surface area (Å²) in [7, 11) is 0. The molecule has 0 aliphatic carbocycles. The monoisotopic (exact) mass is 331 g/mol. The van der Waals surface area contributed by atoms with Crippen molar-refractivity contribution in [3.63, 3.8) is 0 Å². The summed E-state index contributed by atoms with van der Waals surface area (Å²) < 4.78 is 9.90. The van der Waals surface area contributed by atoms with E-state index >= 15 is 0 Å². The first kappa shape index (κ1) is 21.2. The van der Waals surface area contributed by atoms with Crippen LogP contribution in [0.25, 0.3) is 0 Å². The molecule has 0 aromatic carbocycles. The highest BCUT2D eigenvalue weighted by Gasteiger charge is 2.27. The fraction of sp³-hybridized carbons (Fsp3) is 0.812. The van der Waals surface area contributed by atoms with Crippen molar-refractivity contribution in [2.45, 2.75) is 66.7 Å². The number of carboxylic acid groups (broad SMARTS) is 1. The number of ether oxygens (including phenoxy) is 2. The SMILES string of the molecule is CC[C@@H](C)[C@@H](C)[C@@H](CC(=O)O)NC(=O)O[C@@H](C)OC(=O)C(C)C. The van der Waals surface area contributed by atoms with Crippen LogP contribution in [0.3, 0.4) is 0 Å². The number of aliphatic carboxylic acids is 1. The van der Waals surface area contributed by atoms with Crippen LogP contribution >= 0.6 is 0 Å². The highest BCUT2D eigenvalue weighted by atomic mass is 16.7. The average molecular weight is 331 g/mol. The lowest BCUT2D eigenvalue weighted by Crippen LogP contribution is -2.44. The molecule has 0 aliphatic heterocycles. The number of nitrogens with one attached hydrogen (secondary N) is 1. The van der Waals surface area contributed by atoms with E-state index in [0.717, 1.165) is 6.42 Å². The second kappa shape index (κ2) is 10.1. The van der Waals surface area contributed by atoms with Gasteiger partial charge in [0, 0.05) is 13.0 Å². The molecule has 0 aliphatic rings. The Hall–Kier alpha value is -1.79. The van der Waals surface area contributed by atoms with E-state index in [2.05, 4.69) is 5.32 Å². The first-order valence-electron chi connectivity index (χ1n) is 7.97. The summed E-state index contributed by atoms with van der Waals surface area (Å²) in [6, 6.07) is -0.553. The molecule has 23 heavy (non-hydrogen) atoms. The van der Waals surface area contributed by atoms with Crippen LogP contribution in [0.15, 0.2) is 0 Å². The van der Waals surface area contributed by atoms with E-state index in [1.165, 1.54) is 6.92 Å². The van der Waals surface area contributed by atoms with Crippen LogP contribution in [0.4, 0.5) is 4.79 Å². The Morgan fingerprint density at radius 3 is 2.04 bits per heavy atom. The van der Waals surface area contributed by atoms with Crippen molar-refractivity contribution >= 4 is 18.0 Å². The predicted octanol–water partition coefficient (Wildman–Crippen LogP) is 2.78. The molecule has 0 aromatic heterocycles. The maximum absolute atomic E-state index is 11.9. The topological polar surface area (TPSA) is 102 Å². The van der Waals surface area contributed by atoms with Crippen LogP contribution in [0.5, 0.6) is 0 Å². The molecule has 0 bridgehead atoms. The third-order valence-electron chi connectivity index (χ3n) is 3.90. The molecule has 2 N–H and O–H groups in total. The number of alkyl carbamates (subject to hydrolysis) is 1. The largest absolute Gasteiger partial charge is 0.481 e. The number of amides is 1. The Bertz CT molecular complexity index is 409. The van der Waals surface area contributed by atoms with Crippen LogP contribution in [-0.2, 0) is 19.1 Å². The number of carbonyl (C=O) groups excluding carboxylic acids is 2. The summed E-state index contributed by atoms with van der Waals surface area (Å²) in [5.41, 5.74) is 0. The van der Waals surface area contributed by atoms with Gasteiger partial charge in [0.2, 0.25) is 6.29 Å². The summed E-state index contributed by atoms with van der Waals surface area (Å²) in [4.78, 5) is 34.3. The minimum atomic E-state index is -1.03. The van der Waals surface area contributed by atoms with Gasteiger partial charge >= 0.3 is 18.0 Å². The summed E-state index contributed by atoms with van der Waals surface area (Å²) >= 11 is 0. The van der Waals surface area contributed by atoms with Gasteiger partial charge < -0.3 is 19.9 Å². The van der Waals surface area contributed by atoms with Crippen LogP contribution < -0.4 is 5.32 Å². The van der Waals surface area contributed by atoms with Gasteiger partial charge in [0.25, 0.3) is 0 Å². The fourth-order valence-electron chi connectivity index (χ4n) is 1.98. The van der Waals surface area contributed by atoms with Gasteiger partial charge in [0.15, 0.2) is 0 Å². The summed E-state index contributed by atoms with van der Waals surface area (Å²) in [5.74, 6) is -1.58. The molecule has 0 heterocycles. The first-order chi connectivity index (χ1) is 10.6. The zero-order chi connectivity index (χ0) is 18.2. The summed E-state index contributed by atoms with van der Waals surface area (Å²) in [6.45, 7) is 10.7. The minimum absolute atomic E-state index is 0.0304. The first-order valence-corrected chi connectivity index (χ1v) is 7.97. The van der Waals surface area contributed by atoms with Crippen molar-refractivity contribution in [1.82, 2.24) is 5.32 Å². The van der Waals surface area contributed by atoms with E-state index in [9.17, 15) is 14.4 Å². The van der Waals surface area contributed by atoms with Gasteiger partial charge in [-0.3, -0.25) is 9.59 Å². The zero-order valence-electron chi connectivity index (χ0n) is 14.8. The molecule has 134 valence electrons. The third-order valence-corrected chi connectivity index (χ3v) is 3.90. The second-order valence-electron chi connectivity index (χ2n) is 6.16. The van der Waals surface area contributed by atoms with E-state index < -0.39 is 30.4 Å². The van der Waals surface area contributed by atoms with Gasteiger partial charge in [-0.1, -0.05) is 41.0 Å². The lowest BCUT2D eigenvalue weighted by molar-refractivity contribution is -0.168. The van der Waals surface area contributed by atoms with Crippen LogP contribution in [0, 0.1) is 17.8 Å². The lowest BCUT2D eigenvalue weighted by Gasteiger charge is -2.28. The molecule has 0 saturated heterocycles. The molecular formula is C16H29NO6. The standard InChI is InChI=1S/C16H29NO6/c1-7-10(4)11(5)13(8-14(18)19)17-16(21)23-12(6)22-15(20)9(2)3/h9-13H,7-8H2,1-6H3,(H,17,21)(H,18,19)/t10-,11-,12+,13-/m1/s1. The van der Waals surface area contributed by atoms with Crippen LogP contribution in [0.2, 0.25) is 0 Å². The molecule has 4 atom stereocenters. The molecular weight excluding hydrogens is 302 g/mol. The molecule has 1 amide bonds. The molecule has 0 radical (unpaired) electrons. The van der Waals surface area contributed by atoms with E-state index in [0.29, 0.717) is 0 Å². The minimum Gasteiger partial charge on any atom is -0.481 e. The Morgan fingerprint density at radius 2 is 1.61 bits per heavy atom. The molecule has 7 heteroatoms. The Balaban J connectivity index is 4.64. The highest BCUT2D eigenvalue weighted by molar-refractivity contribution is 5.73. The quantitative estimate of drug-likeness (QED) is 0.497. The van der Waals surface area contributed by atoms with Gasteiger partial charge in [0.05, 0.1) is 12.3 Å². The lowest BCUT2D eigenvalue weighted by atomic mass is 9.85. The molecule has 0 saturated carbocycles. The number of carboxylic acids is 1. The number of hydrogen-bond acceptors (Lipinski definition) is 5. The van der Waals surface area contributed by atoms with Crippen molar-refractivity contribution in [3.05, 3.63) is 0 Å². The maximum atomic E-state index is 11.9. The Kier molecular flexibility index (Phi) is 9.29. The third kappa shape index (κ3) is 8.42. The van der Waals surface area contributed by atoms with Gasteiger partial charge in [0.1, 0.15) is 0 Å². The Morgan fingerprint density at radius 1 is 1.04 bits per heavy atom. The van der Waals surface area contributed by atoms with E-state index in [1.54, 1.807) is 13.8 Å². The van der Waals surface area contributed by atoms with Crippen molar-refractivity contribution < 1.29 is 29.0 Å². The maximum Gasteiger partial charge on any atom is 0.410 e. The van der Waals surface area contributed by atoms with Crippen LogP contribution in [0.1, 0.15) is 54.4 Å². The van der Waals surface area contributed by atoms with Gasteiger partial charge in [-0.05, 0) is 11.8 Å². The number of rotatable bonds is 9. The second-order valence-corrected chi connectivity index (χ2v) is 6.16. The smallest absolute Gasteiger partial charge is 0.410 e. The van der Waals surface area contributed by atoms with Gasteiger partial charge in [-0.15, -0.1) is 0 Å². The predicted molar refractivity (Wildman–Crippen MR) is 84.7 cm³/mol. The van der Waals surface area contributed by atoms with E-state index in [4.69, 9.17) is 14.6 Å². The summed E-state index contributed by atoms with van der Waals surface area (Å²) in [5, 5.41) is 11.6. The number of esters is 1. The normalized spacial score (nSPS) is 16.1. The fourth-order valence-corrected chi connectivity index (χ4v) is 1.98. The average Bonchev–Trinajstić information content (AvgIpc) is 2.43. The zero-order valence-corrected chi connectivity index (χ0v) is 14.8. The van der Waals surface area contributed by atoms with Gasteiger partial charge in [-0.2, -0.15) is 0 Å². The number of hydrogen-bond donors (Lipinski definition) is 2. The van der Waals surface area contributed by atoms with Crippen molar-refractivity contribution in [1.29, 1.82) is 0 Å². The van der Waals surface area contributed by atoms with E-state index in [1.807, 2.05) is 20.8 Å². The summed E-state index contributed by atoms with van der Waals surface area (Å²) in [6.07, 6.45) is -1.15. The van der Waals surface area contributed by atoms with Crippen molar-refractivity contribution in [2.75, 3.05) is 0 Å². The van der Waals surface area contributed by atoms with Crippen LogP contribution in [-0.4, -0.2) is 35.5 Å². The molecule has 0 unspecified atom stereocenters. The molecule has 0 rings (SSSR count). The van der Waals surface area contributed by atoms with E-state index in [-0.39, 0.29) is 24.2 Å². The molecule has 0 aromatic rings.